The topological polar surface area (TPSA) is 103 Å². The smallest absolute Gasteiger partial charge is 0.267 e. The Bertz CT molecular complexity index is 1710. The molecule has 2 heterocycles. The lowest BCUT2D eigenvalue weighted by molar-refractivity contribution is 0.0987. The van der Waals surface area contributed by atoms with Gasteiger partial charge in [-0.15, -0.1) is 0 Å². The first kappa shape index (κ1) is 23.6. The number of pyridine rings is 1. The zero-order valence-corrected chi connectivity index (χ0v) is 21.3. The van der Waals surface area contributed by atoms with Gasteiger partial charge in [-0.25, -0.2) is 0 Å². The number of Topliss-reactive ketones (excluding diaryl/α,β-unsaturated/α-hetero) is 1. The van der Waals surface area contributed by atoms with Gasteiger partial charge in [0.15, 0.2) is 5.78 Å². The average molecular weight is 504 g/mol. The molecular weight excluding hydrogens is 478 g/mol. The van der Waals surface area contributed by atoms with Crippen molar-refractivity contribution in [3.05, 3.63) is 99.9 Å². The van der Waals surface area contributed by atoms with Crippen molar-refractivity contribution in [1.29, 1.82) is 0 Å². The number of fused-ring (bicyclic) bond motifs is 4. The molecule has 0 saturated carbocycles. The molecule has 1 aromatic heterocycles. The predicted octanol–water partition coefficient (Wildman–Crippen LogP) is 5.10. The fourth-order valence-corrected chi connectivity index (χ4v) is 5.65. The summed E-state index contributed by atoms with van der Waals surface area (Å²) in [5.41, 5.74) is 15.2. The third-order valence-corrected chi connectivity index (χ3v) is 7.57. The summed E-state index contributed by atoms with van der Waals surface area (Å²) in [7, 11) is 1.58. The molecule has 188 valence electrons. The van der Waals surface area contributed by atoms with Crippen LogP contribution in [0.3, 0.4) is 0 Å². The van der Waals surface area contributed by atoms with Gasteiger partial charge in [0.25, 0.3) is 11.8 Å². The molecular formula is C31H25N3O4. The number of hydrogen-bond acceptors (Lipinski definition) is 5. The number of nitrogens with two attached hydrogens (primary N) is 1. The van der Waals surface area contributed by atoms with E-state index in [1.807, 2.05) is 55.5 Å². The lowest BCUT2D eigenvalue weighted by atomic mass is 9.91. The van der Waals surface area contributed by atoms with Gasteiger partial charge in [-0.05, 0) is 77.1 Å². The molecule has 7 heteroatoms. The zero-order valence-electron chi connectivity index (χ0n) is 21.3. The molecule has 1 aliphatic carbocycles. The van der Waals surface area contributed by atoms with Crippen molar-refractivity contribution in [2.45, 2.75) is 26.8 Å². The Morgan fingerprint density at radius 3 is 2.53 bits per heavy atom. The van der Waals surface area contributed by atoms with Crippen LogP contribution in [0.15, 0.2) is 60.8 Å². The van der Waals surface area contributed by atoms with Gasteiger partial charge < -0.3 is 15.4 Å². The highest BCUT2D eigenvalue weighted by Crippen LogP contribution is 2.46. The number of hydrogen-bond donors (Lipinski definition) is 1. The molecule has 0 atom stereocenters. The van der Waals surface area contributed by atoms with Gasteiger partial charge in [0.05, 0.1) is 13.7 Å². The van der Waals surface area contributed by atoms with Crippen molar-refractivity contribution < 1.29 is 19.1 Å². The van der Waals surface area contributed by atoms with Gasteiger partial charge in [-0.1, -0.05) is 30.3 Å². The minimum atomic E-state index is -0.589. The van der Waals surface area contributed by atoms with Crippen LogP contribution in [0.4, 0.5) is 5.69 Å². The summed E-state index contributed by atoms with van der Waals surface area (Å²) < 4.78 is 5.32. The summed E-state index contributed by atoms with van der Waals surface area (Å²) in [6.07, 6.45) is 2.15. The number of amides is 2. The van der Waals surface area contributed by atoms with Crippen molar-refractivity contribution in [2.75, 3.05) is 12.0 Å². The molecule has 4 aromatic rings. The lowest BCUT2D eigenvalue weighted by Gasteiger charge is -2.21. The maximum Gasteiger partial charge on any atom is 0.267 e. The van der Waals surface area contributed by atoms with E-state index in [0.717, 1.165) is 50.2 Å². The molecule has 0 saturated heterocycles. The van der Waals surface area contributed by atoms with Crippen molar-refractivity contribution in [3.8, 4) is 28.0 Å². The van der Waals surface area contributed by atoms with Crippen LogP contribution < -0.4 is 15.4 Å². The van der Waals surface area contributed by atoms with Crippen LogP contribution in [0.25, 0.3) is 22.3 Å². The molecule has 0 fully saturated rings. The Kier molecular flexibility index (Phi) is 5.38. The van der Waals surface area contributed by atoms with E-state index >= 15 is 0 Å². The minimum Gasteiger partial charge on any atom is -0.497 e. The van der Waals surface area contributed by atoms with Gasteiger partial charge in [0.1, 0.15) is 11.4 Å². The molecule has 1 aliphatic heterocycles. The number of carbonyl (C=O) groups excluding carboxylic acids is 3. The molecule has 2 amide bonds. The number of ether oxygens (including phenoxy) is 1. The second-order valence-electron chi connectivity index (χ2n) is 9.71. The van der Waals surface area contributed by atoms with Gasteiger partial charge >= 0.3 is 0 Å². The summed E-state index contributed by atoms with van der Waals surface area (Å²) >= 11 is 0. The fourth-order valence-electron chi connectivity index (χ4n) is 5.65. The number of aromatic nitrogens is 1. The van der Waals surface area contributed by atoms with Gasteiger partial charge in [-0.2, -0.15) is 0 Å². The number of ketones is 1. The number of carbonyl (C=O) groups is 3. The summed E-state index contributed by atoms with van der Waals surface area (Å²) in [6, 6.07) is 17.1. The van der Waals surface area contributed by atoms with E-state index in [9.17, 15) is 14.4 Å². The number of nitrogens with zero attached hydrogens (tertiary/aromatic N) is 2. The van der Waals surface area contributed by atoms with Crippen molar-refractivity contribution in [3.63, 3.8) is 0 Å². The molecule has 7 nitrogen and oxygen atoms in total. The van der Waals surface area contributed by atoms with Crippen LogP contribution in [0, 0.1) is 6.92 Å². The van der Waals surface area contributed by atoms with Crippen LogP contribution in [0.5, 0.6) is 5.75 Å². The highest BCUT2D eigenvalue weighted by molar-refractivity contribution is 6.11. The zero-order chi connectivity index (χ0) is 26.7. The van der Waals surface area contributed by atoms with Crippen molar-refractivity contribution in [2.24, 2.45) is 5.73 Å². The van der Waals surface area contributed by atoms with Crippen molar-refractivity contribution in [1.82, 2.24) is 4.98 Å². The number of rotatable bonds is 5. The predicted molar refractivity (Wildman–Crippen MR) is 145 cm³/mol. The molecule has 3 aromatic carbocycles. The molecule has 2 aliphatic rings. The highest BCUT2D eigenvalue weighted by Gasteiger charge is 2.32. The van der Waals surface area contributed by atoms with Gasteiger partial charge in [0.2, 0.25) is 0 Å². The largest absolute Gasteiger partial charge is 0.497 e. The van der Waals surface area contributed by atoms with E-state index in [1.165, 1.54) is 6.92 Å². The average Bonchev–Trinajstić information content (AvgIpc) is 3.45. The molecule has 6 rings (SSSR count). The number of benzene rings is 3. The van der Waals surface area contributed by atoms with E-state index in [1.54, 1.807) is 24.3 Å². The van der Waals surface area contributed by atoms with Gasteiger partial charge in [0, 0.05) is 35.0 Å². The van der Waals surface area contributed by atoms with Gasteiger partial charge in [-0.3, -0.25) is 19.4 Å². The summed E-state index contributed by atoms with van der Waals surface area (Å²) in [6.45, 7) is 4.00. The van der Waals surface area contributed by atoms with Crippen molar-refractivity contribution >= 4 is 23.3 Å². The second-order valence-corrected chi connectivity index (χ2v) is 9.71. The first-order valence-electron chi connectivity index (χ1n) is 12.3. The van der Waals surface area contributed by atoms with E-state index in [0.29, 0.717) is 29.8 Å². The Labute approximate surface area is 219 Å². The Morgan fingerprint density at radius 2 is 1.79 bits per heavy atom. The minimum absolute atomic E-state index is 0.0188. The second kappa shape index (κ2) is 8.66. The first-order valence-corrected chi connectivity index (χ1v) is 12.3. The fraction of sp³-hybridized carbons (Fsp3) is 0.161. The molecule has 0 bridgehead atoms. The molecule has 2 N–H and O–H groups in total. The number of anilines is 1. The number of methoxy groups -OCH3 is 1. The third kappa shape index (κ3) is 3.50. The summed E-state index contributed by atoms with van der Waals surface area (Å²) in [4.78, 5) is 43.9. The Morgan fingerprint density at radius 1 is 0.974 bits per heavy atom. The van der Waals surface area contributed by atoms with Crippen LogP contribution in [-0.2, 0) is 13.0 Å². The third-order valence-electron chi connectivity index (χ3n) is 7.57. The molecule has 38 heavy (non-hydrogen) atoms. The SMILES string of the molecule is COc1ccc2c(c1)C(=O)N(c1cccc(-c3cnc(C(N)=O)c4c3-c3ccc(C(C)=O)cc3C4)c1C)C2. The first-order chi connectivity index (χ1) is 18.3. The summed E-state index contributed by atoms with van der Waals surface area (Å²) in [5.74, 6) is -0.0377. The molecule has 0 unspecified atom stereocenters. The highest BCUT2D eigenvalue weighted by atomic mass is 16.5. The monoisotopic (exact) mass is 503 g/mol. The van der Waals surface area contributed by atoms with E-state index in [2.05, 4.69) is 4.98 Å². The van der Waals surface area contributed by atoms with E-state index in [-0.39, 0.29) is 17.4 Å². The summed E-state index contributed by atoms with van der Waals surface area (Å²) in [5, 5.41) is 0. The Balaban J connectivity index is 1.49. The standard InChI is InChI=1S/C31H25N3O4/c1-16-22(5-4-6-27(16)34-15-19-7-9-21(38-3)13-24(19)31(34)37)26-14-33-29(30(32)36)25-12-20-11-18(17(2)35)8-10-23(20)28(25)26/h4-11,13-14H,12,15H2,1-3H3,(H2,32,36). The van der Waals surface area contributed by atoms with Crippen LogP contribution >= 0.6 is 0 Å². The maximum atomic E-state index is 13.4. The number of primary amides is 1. The normalized spacial score (nSPS) is 13.2. The van der Waals surface area contributed by atoms with E-state index < -0.39 is 5.91 Å². The Hall–Kier alpha value is -4.78. The maximum absolute atomic E-state index is 13.4. The molecule has 0 radical (unpaired) electrons. The lowest BCUT2D eigenvalue weighted by Crippen LogP contribution is -2.24. The van der Waals surface area contributed by atoms with Crippen LogP contribution in [0.2, 0.25) is 0 Å². The molecule has 0 spiro atoms. The van der Waals surface area contributed by atoms with E-state index in [4.69, 9.17) is 10.5 Å². The quantitative estimate of drug-likeness (QED) is 0.336. The van der Waals surface area contributed by atoms with Crippen LogP contribution in [0.1, 0.15) is 60.4 Å². The van der Waals surface area contributed by atoms with Crippen LogP contribution in [-0.4, -0.2) is 29.7 Å².